The van der Waals surface area contributed by atoms with Gasteiger partial charge in [-0.3, -0.25) is 4.98 Å². The van der Waals surface area contributed by atoms with Gasteiger partial charge in [-0.2, -0.15) is 0 Å². The van der Waals surface area contributed by atoms with Crippen molar-refractivity contribution in [1.82, 2.24) is 4.98 Å². The van der Waals surface area contributed by atoms with E-state index in [0.29, 0.717) is 12.8 Å². The molecule has 20 heavy (non-hydrogen) atoms. The molecular formula is C15H20N2O2S. The van der Waals surface area contributed by atoms with Gasteiger partial charge in [-0.15, -0.1) is 0 Å². The minimum Gasteiger partial charge on any atom is -0.324 e. The summed E-state index contributed by atoms with van der Waals surface area (Å²) in [5, 5.41) is 1.06. The molecule has 2 rings (SSSR count). The Morgan fingerprint density at radius 3 is 2.85 bits per heavy atom. The lowest BCUT2D eigenvalue weighted by atomic mass is 10.0. The fourth-order valence-electron chi connectivity index (χ4n) is 2.16. The van der Waals surface area contributed by atoms with Crippen LogP contribution >= 0.6 is 0 Å². The average Bonchev–Trinajstić information content (AvgIpc) is 2.46. The van der Waals surface area contributed by atoms with Gasteiger partial charge in [-0.25, -0.2) is 8.42 Å². The Morgan fingerprint density at radius 2 is 2.10 bits per heavy atom. The lowest BCUT2D eigenvalue weighted by molar-refractivity contribution is 0.584. The van der Waals surface area contributed by atoms with E-state index < -0.39 is 9.84 Å². The Hall–Kier alpha value is -1.46. The maximum absolute atomic E-state index is 11.4. The van der Waals surface area contributed by atoms with Crippen LogP contribution in [-0.4, -0.2) is 24.9 Å². The van der Waals surface area contributed by atoms with Gasteiger partial charge in [0, 0.05) is 23.4 Å². The van der Waals surface area contributed by atoms with E-state index in [1.807, 2.05) is 30.3 Å². The standard InChI is InChI=1S/C15H20N2O2S/c1-2-20(18,19)10-4-6-14(16)12-7-8-15-13(11-12)5-3-9-17-15/h3,5,7-9,11,14H,2,4,6,10,16H2,1H3. The van der Waals surface area contributed by atoms with Crippen LogP contribution in [-0.2, 0) is 9.84 Å². The van der Waals surface area contributed by atoms with E-state index in [1.165, 1.54) is 0 Å². The highest BCUT2D eigenvalue weighted by Crippen LogP contribution is 2.20. The van der Waals surface area contributed by atoms with Gasteiger partial charge in [0.15, 0.2) is 0 Å². The summed E-state index contributed by atoms with van der Waals surface area (Å²) in [6.07, 6.45) is 3.03. The summed E-state index contributed by atoms with van der Waals surface area (Å²) in [7, 11) is -2.90. The molecule has 0 aliphatic carbocycles. The highest BCUT2D eigenvalue weighted by atomic mass is 32.2. The summed E-state index contributed by atoms with van der Waals surface area (Å²) in [5.41, 5.74) is 8.11. The molecular weight excluding hydrogens is 272 g/mol. The number of aromatic nitrogens is 1. The summed E-state index contributed by atoms with van der Waals surface area (Å²) in [4.78, 5) is 4.27. The lowest BCUT2D eigenvalue weighted by Crippen LogP contribution is -2.14. The quantitative estimate of drug-likeness (QED) is 0.887. The summed E-state index contributed by atoms with van der Waals surface area (Å²) in [6.45, 7) is 1.67. The molecule has 0 aliphatic rings. The number of rotatable bonds is 6. The van der Waals surface area contributed by atoms with Crippen molar-refractivity contribution >= 4 is 20.7 Å². The minimum atomic E-state index is -2.90. The molecule has 1 unspecified atom stereocenters. The summed E-state index contributed by atoms with van der Waals surface area (Å²) in [6, 6.07) is 9.71. The Balaban J connectivity index is 2.02. The van der Waals surface area contributed by atoms with Crippen LogP contribution in [0.2, 0.25) is 0 Å². The van der Waals surface area contributed by atoms with Crippen molar-refractivity contribution in [3.63, 3.8) is 0 Å². The second-order valence-corrected chi connectivity index (χ2v) is 7.41. The zero-order valence-corrected chi connectivity index (χ0v) is 12.4. The zero-order valence-electron chi connectivity index (χ0n) is 11.6. The van der Waals surface area contributed by atoms with Gasteiger partial charge in [0.2, 0.25) is 0 Å². The van der Waals surface area contributed by atoms with Crippen LogP contribution in [0.4, 0.5) is 0 Å². The van der Waals surface area contributed by atoms with Gasteiger partial charge in [0.05, 0.1) is 11.3 Å². The van der Waals surface area contributed by atoms with Crippen molar-refractivity contribution in [3.05, 3.63) is 42.1 Å². The molecule has 108 valence electrons. The first-order valence-electron chi connectivity index (χ1n) is 6.82. The number of hydrogen-bond donors (Lipinski definition) is 1. The van der Waals surface area contributed by atoms with Gasteiger partial charge < -0.3 is 5.73 Å². The molecule has 1 aromatic carbocycles. The highest BCUT2D eigenvalue weighted by molar-refractivity contribution is 7.91. The molecule has 0 aliphatic heterocycles. The van der Waals surface area contributed by atoms with Gasteiger partial charge in [-0.05, 0) is 36.6 Å². The van der Waals surface area contributed by atoms with E-state index in [2.05, 4.69) is 4.98 Å². The minimum absolute atomic E-state index is 0.133. The van der Waals surface area contributed by atoms with Gasteiger partial charge >= 0.3 is 0 Å². The lowest BCUT2D eigenvalue weighted by Gasteiger charge is -2.12. The third kappa shape index (κ3) is 3.77. The van der Waals surface area contributed by atoms with Crippen LogP contribution in [0.1, 0.15) is 31.4 Å². The number of hydrogen-bond acceptors (Lipinski definition) is 4. The molecule has 2 N–H and O–H groups in total. The maximum Gasteiger partial charge on any atom is 0.150 e. The van der Waals surface area contributed by atoms with Crippen LogP contribution in [0.15, 0.2) is 36.5 Å². The molecule has 4 nitrogen and oxygen atoms in total. The first-order valence-corrected chi connectivity index (χ1v) is 8.64. The van der Waals surface area contributed by atoms with Crippen LogP contribution in [0.25, 0.3) is 10.9 Å². The highest BCUT2D eigenvalue weighted by Gasteiger charge is 2.11. The van der Waals surface area contributed by atoms with Gasteiger partial charge in [0.1, 0.15) is 9.84 Å². The number of benzene rings is 1. The van der Waals surface area contributed by atoms with Crippen molar-refractivity contribution in [2.24, 2.45) is 5.73 Å². The number of sulfone groups is 1. The SMILES string of the molecule is CCS(=O)(=O)CCCC(N)c1ccc2ncccc2c1. The van der Waals surface area contributed by atoms with Crippen molar-refractivity contribution in [1.29, 1.82) is 0 Å². The molecule has 5 heteroatoms. The van der Waals surface area contributed by atoms with Crippen molar-refractivity contribution in [2.75, 3.05) is 11.5 Å². The molecule has 1 atom stereocenters. The molecule has 2 aromatic rings. The smallest absolute Gasteiger partial charge is 0.150 e. The van der Waals surface area contributed by atoms with E-state index in [9.17, 15) is 8.42 Å². The Labute approximate surface area is 119 Å². The molecule has 0 saturated carbocycles. The van der Waals surface area contributed by atoms with E-state index in [1.54, 1.807) is 13.1 Å². The number of pyridine rings is 1. The van der Waals surface area contributed by atoms with Crippen LogP contribution in [0.3, 0.4) is 0 Å². The summed E-state index contributed by atoms with van der Waals surface area (Å²) in [5.74, 6) is 0.413. The molecule has 0 spiro atoms. The summed E-state index contributed by atoms with van der Waals surface area (Å²) >= 11 is 0. The van der Waals surface area contributed by atoms with Crippen molar-refractivity contribution < 1.29 is 8.42 Å². The molecule has 0 bridgehead atoms. The molecule has 0 amide bonds. The van der Waals surface area contributed by atoms with Gasteiger partial charge in [0.25, 0.3) is 0 Å². The number of nitrogens with two attached hydrogens (primary N) is 1. The zero-order chi connectivity index (χ0) is 14.6. The molecule has 1 aromatic heterocycles. The first kappa shape index (κ1) is 14.9. The van der Waals surface area contributed by atoms with Crippen LogP contribution < -0.4 is 5.73 Å². The monoisotopic (exact) mass is 292 g/mol. The molecule has 0 fully saturated rings. The number of fused-ring (bicyclic) bond motifs is 1. The van der Waals surface area contributed by atoms with Crippen molar-refractivity contribution in [3.8, 4) is 0 Å². The van der Waals surface area contributed by atoms with E-state index in [4.69, 9.17) is 5.73 Å². The van der Waals surface area contributed by atoms with Crippen molar-refractivity contribution in [2.45, 2.75) is 25.8 Å². The first-order chi connectivity index (χ1) is 9.52. The number of nitrogens with zero attached hydrogens (tertiary/aromatic N) is 1. The predicted molar refractivity (Wildman–Crippen MR) is 82.2 cm³/mol. The Bertz CT molecular complexity index is 683. The summed E-state index contributed by atoms with van der Waals surface area (Å²) < 4.78 is 22.9. The van der Waals surface area contributed by atoms with Gasteiger partial charge in [-0.1, -0.05) is 19.1 Å². The van der Waals surface area contributed by atoms with E-state index in [-0.39, 0.29) is 17.5 Å². The van der Waals surface area contributed by atoms with Crippen LogP contribution in [0.5, 0.6) is 0 Å². The predicted octanol–water partition coefficient (Wildman–Crippen LogP) is 2.45. The second-order valence-electron chi connectivity index (χ2n) is 4.94. The Morgan fingerprint density at radius 1 is 1.30 bits per heavy atom. The molecule has 0 radical (unpaired) electrons. The Kier molecular flexibility index (Phi) is 4.73. The van der Waals surface area contributed by atoms with E-state index >= 15 is 0 Å². The third-order valence-corrected chi connectivity index (χ3v) is 5.26. The molecule has 1 heterocycles. The maximum atomic E-state index is 11.4. The fourth-order valence-corrected chi connectivity index (χ4v) is 3.05. The third-order valence-electron chi connectivity index (χ3n) is 3.47. The van der Waals surface area contributed by atoms with E-state index in [0.717, 1.165) is 16.5 Å². The fraction of sp³-hybridized carbons (Fsp3) is 0.400. The molecule has 0 saturated heterocycles. The largest absolute Gasteiger partial charge is 0.324 e. The van der Waals surface area contributed by atoms with Crippen LogP contribution in [0, 0.1) is 0 Å². The second kappa shape index (κ2) is 6.33. The normalized spacial score (nSPS) is 13.5. The topological polar surface area (TPSA) is 73.0 Å². The average molecular weight is 292 g/mol.